The summed E-state index contributed by atoms with van der Waals surface area (Å²) in [7, 11) is 0. The van der Waals surface area contributed by atoms with Crippen molar-refractivity contribution in [3.05, 3.63) is 23.8 Å². The Balaban J connectivity index is 1.87. The highest BCUT2D eigenvalue weighted by Crippen LogP contribution is 2.25. The van der Waals surface area contributed by atoms with Crippen LogP contribution < -0.4 is 5.73 Å². The van der Waals surface area contributed by atoms with Crippen LogP contribution in [0.2, 0.25) is 0 Å². The molecule has 1 aromatic heterocycles. The maximum absolute atomic E-state index is 12.4. The first-order chi connectivity index (χ1) is 9.24. The minimum atomic E-state index is 0.0550. The van der Waals surface area contributed by atoms with Crippen LogP contribution in [-0.2, 0) is 4.74 Å². The molecular weight excluding hydrogens is 262 g/mol. The molecule has 0 spiro atoms. The van der Waals surface area contributed by atoms with Crippen molar-refractivity contribution in [1.29, 1.82) is 0 Å². The number of benzene rings is 1. The zero-order valence-electron chi connectivity index (χ0n) is 10.5. The van der Waals surface area contributed by atoms with Crippen molar-refractivity contribution in [3.63, 3.8) is 0 Å². The van der Waals surface area contributed by atoms with Gasteiger partial charge >= 0.3 is 0 Å². The van der Waals surface area contributed by atoms with E-state index in [1.54, 1.807) is 0 Å². The first-order valence-corrected chi connectivity index (χ1v) is 7.09. The highest BCUT2D eigenvalue weighted by molar-refractivity contribution is 7.22. The fourth-order valence-electron chi connectivity index (χ4n) is 2.21. The molecule has 1 saturated heterocycles. The first kappa shape index (κ1) is 12.4. The maximum Gasteiger partial charge on any atom is 0.253 e. The molecular formula is C13H15N3O2S. The van der Waals surface area contributed by atoms with E-state index in [-0.39, 0.29) is 5.91 Å². The number of fused-ring (bicyclic) bond motifs is 1. The molecule has 1 fully saturated rings. The van der Waals surface area contributed by atoms with E-state index in [4.69, 9.17) is 10.5 Å². The summed E-state index contributed by atoms with van der Waals surface area (Å²) in [6, 6.07) is 5.54. The molecule has 100 valence electrons. The van der Waals surface area contributed by atoms with Crippen LogP contribution in [0, 0.1) is 0 Å². The van der Waals surface area contributed by atoms with E-state index in [0.29, 0.717) is 23.8 Å². The Morgan fingerprint density at radius 2 is 2.26 bits per heavy atom. The van der Waals surface area contributed by atoms with Crippen LogP contribution in [0.4, 0.5) is 5.13 Å². The molecule has 1 amide bonds. The number of thiazole rings is 1. The van der Waals surface area contributed by atoms with Crippen molar-refractivity contribution in [1.82, 2.24) is 9.88 Å². The van der Waals surface area contributed by atoms with Crippen molar-refractivity contribution in [2.45, 2.75) is 6.42 Å². The van der Waals surface area contributed by atoms with E-state index in [9.17, 15) is 4.79 Å². The summed E-state index contributed by atoms with van der Waals surface area (Å²) in [6.45, 7) is 2.75. The molecule has 0 bridgehead atoms. The number of amides is 1. The van der Waals surface area contributed by atoms with E-state index in [2.05, 4.69) is 4.98 Å². The lowest BCUT2D eigenvalue weighted by Gasteiger charge is -2.19. The van der Waals surface area contributed by atoms with E-state index >= 15 is 0 Å². The standard InChI is InChI=1S/C13H15N3O2S/c14-13-15-10-3-2-9(8-11(10)19-13)12(17)16-4-1-6-18-7-5-16/h2-3,8H,1,4-7H2,(H2,14,15). The molecule has 19 heavy (non-hydrogen) atoms. The van der Waals surface area contributed by atoms with Gasteiger partial charge in [0.25, 0.3) is 5.91 Å². The summed E-state index contributed by atoms with van der Waals surface area (Å²) < 4.78 is 6.32. The number of hydrogen-bond donors (Lipinski definition) is 1. The number of rotatable bonds is 1. The SMILES string of the molecule is Nc1nc2ccc(C(=O)N3CCCOCC3)cc2s1. The summed E-state index contributed by atoms with van der Waals surface area (Å²) >= 11 is 1.41. The number of nitrogen functional groups attached to an aromatic ring is 1. The highest BCUT2D eigenvalue weighted by Gasteiger charge is 2.18. The van der Waals surface area contributed by atoms with Gasteiger partial charge < -0.3 is 15.4 Å². The Hall–Kier alpha value is -1.66. The van der Waals surface area contributed by atoms with Gasteiger partial charge in [-0.15, -0.1) is 0 Å². The molecule has 0 aliphatic carbocycles. The molecule has 0 saturated carbocycles. The number of nitrogens with two attached hydrogens (primary N) is 1. The van der Waals surface area contributed by atoms with Crippen molar-refractivity contribution in [2.75, 3.05) is 32.0 Å². The van der Waals surface area contributed by atoms with Gasteiger partial charge in [0.15, 0.2) is 5.13 Å². The molecule has 2 heterocycles. The number of carbonyl (C=O) groups is 1. The minimum absolute atomic E-state index is 0.0550. The zero-order chi connectivity index (χ0) is 13.2. The molecule has 1 aromatic carbocycles. The van der Waals surface area contributed by atoms with Crippen LogP contribution >= 0.6 is 11.3 Å². The summed E-state index contributed by atoms with van der Waals surface area (Å²) in [5, 5.41) is 0.530. The molecule has 0 atom stereocenters. The summed E-state index contributed by atoms with van der Waals surface area (Å²) in [5.41, 5.74) is 7.21. The van der Waals surface area contributed by atoms with Crippen molar-refractivity contribution in [3.8, 4) is 0 Å². The predicted molar refractivity (Wildman–Crippen MR) is 75.4 cm³/mol. The Kier molecular flexibility index (Phi) is 3.35. The van der Waals surface area contributed by atoms with Crippen molar-refractivity contribution >= 4 is 32.6 Å². The van der Waals surface area contributed by atoms with Gasteiger partial charge in [-0.05, 0) is 24.6 Å². The number of carbonyl (C=O) groups excluding carboxylic acids is 1. The van der Waals surface area contributed by atoms with E-state index < -0.39 is 0 Å². The van der Waals surface area contributed by atoms with Gasteiger partial charge in [0.05, 0.1) is 16.8 Å². The van der Waals surface area contributed by atoms with Gasteiger partial charge in [0.2, 0.25) is 0 Å². The van der Waals surface area contributed by atoms with Gasteiger partial charge in [-0.2, -0.15) is 0 Å². The number of nitrogens with zero attached hydrogens (tertiary/aromatic N) is 2. The number of hydrogen-bond acceptors (Lipinski definition) is 5. The highest BCUT2D eigenvalue weighted by atomic mass is 32.1. The summed E-state index contributed by atoms with van der Waals surface area (Å²) in [6.07, 6.45) is 0.890. The van der Waals surface area contributed by atoms with Gasteiger partial charge in [-0.1, -0.05) is 11.3 Å². The average Bonchev–Trinajstić information content (AvgIpc) is 2.63. The predicted octanol–water partition coefficient (Wildman–Crippen LogP) is 1.74. The summed E-state index contributed by atoms with van der Waals surface area (Å²) in [4.78, 5) is 18.5. The van der Waals surface area contributed by atoms with Gasteiger partial charge in [-0.3, -0.25) is 4.79 Å². The zero-order valence-corrected chi connectivity index (χ0v) is 11.3. The second kappa shape index (κ2) is 5.14. The van der Waals surface area contributed by atoms with Crippen molar-refractivity contribution < 1.29 is 9.53 Å². The average molecular weight is 277 g/mol. The van der Waals surface area contributed by atoms with Gasteiger partial charge in [-0.25, -0.2) is 4.98 Å². The lowest BCUT2D eigenvalue weighted by molar-refractivity contribution is 0.0741. The second-order valence-electron chi connectivity index (χ2n) is 4.49. The number of anilines is 1. The molecule has 2 N–H and O–H groups in total. The van der Waals surface area contributed by atoms with Crippen LogP contribution in [0.25, 0.3) is 10.2 Å². The Labute approximate surface area is 115 Å². The molecule has 1 aliphatic rings. The lowest BCUT2D eigenvalue weighted by Crippen LogP contribution is -2.33. The molecule has 0 radical (unpaired) electrons. The van der Waals surface area contributed by atoms with Gasteiger partial charge in [0, 0.05) is 25.3 Å². The Morgan fingerprint density at radius 1 is 1.37 bits per heavy atom. The first-order valence-electron chi connectivity index (χ1n) is 6.27. The fourth-order valence-corrected chi connectivity index (χ4v) is 2.98. The monoisotopic (exact) mass is 277 g/mol. The Bertz CT molecular complexity index is 603. The molecule has 6 heteroatoms. The molecule has 5 nitrogen and oxygen atoms in total. The van der Waals surface area contributed by atoms with Crippen LogP contribution in [0.1, 0.15) is 16.8 Å². The smallest absolute Gasteiger partial charge is 0.253 e. The number of ether oxygens (including phenoxy) is 1. The molecule has 2 aromatic rings. The van der Waals surface area contributed by atoms with E-state index in [0.717, 1.165) is 29.8 Å². The third kappa shape index (κ3) is 2.54. The maximum atomic E-state index is 12.4. The van der Waals surface area contributed by atoms with E-state index in [1.807, 2.05) is 23.1 Å². The second-order valence-corrected chi connectivity index (χ2v) is 5.55. The topological polar surface area (TPSA) is 68.5 Å². The minimum Gasteiger partial charge on any atom is -0.380 e. The van der Waals surface area contributed by atoms with Crippen LogP contribution in [0.15, 0.2) is 18.2 Å². The normalized spacial score (nSPS) is 16.5. The fraction of sp³-hybridized carbons (Fsp3) is 0.385. The van der Waals surface area contributed by atoms with Gasteiger partial charge in [0.1, 0.15) is 0 Å². The van der Waals surface area contributed by atoms with Crippen LogP contribution in [0.3, 0.4) is 0 Å². The largest absolute Gasteiger partial charge is 0.380 e. The lowest BCUT2D eigenvalue weighted by atomic mass is 10.2. The molecule has 3 rings (SSSR count). The molecule has 1 aliphatic heterocycles. The quantitative estimate of drug-likeness (QED) is 0.862. The van der Waals surface area contributed by atoms with Crippen LogP contribution in [-0.4, -0.2) is 42.1 Å². The summed E-state index contributed by atoms with van der Waals surface area (Å²) in [5.74, 6) is 0.0550. The third-order valence-corrected chi connectivity index (χ3v) is 4.01. The van der Waals surface area contributed by atoms with Crippen molar-refractivity contribution in [2.24, 2.45) is 0 Å². The Morgan fingerprint density at radius 3 is 3.16 bits per heavy atom. The number of aromatic nitrogens is 1. The molecule has 0 unspecified atom stereocenters. The van der Waals surface area contributed by atoms with Crippen LogP contribution in [0.5, 0.6) is 0 Å². The third-order valence-electron chi connectivity index (χ3n) is 3.16. The van der Waals surface area contributed by atoms with E-state index in [1.165, 1.54) is 11.3 Å².